The van der Waals surface area contributed by atoms with Crippen molar-refractivity contribution < 1.29 is 0 Å². The molecule has 0 atom stereocenters. The standard InChI is InChI=1S/C15H18N2S/c16-9-6-15(18)17-10-7-14(8-11-17)12-13-4-2-1-3-5-13/h1-5,14H,6-8,10-12H2. The van der Waals surface area contributed by atoms with Crippen LogP contribution >= 0.6 is 12.2 Å². The zero-order valence-corrected chi connectivity index (χ0v) is 11.3. The number of likely N-dealkylation sites (tertiary alicyclic amines) is 1. The molecule has 0 amide bonds. The van der Waals surface area contributed by atoms with Crippen molar-refractivity contribution >= 4 is 17.2 Å². The molecule has 0 bridgehead atoms. The van der Waals surface area contributed by atoms with Crippen LogP contribution in [-0.4, -0.2) is 23.0 Å². The third kappa shape index (κ3) is 3.54. The van der Waals surface area contributed by atoms with Crippen LogP contribution in [0.4, 0.5) is 0 Å². The topological polar surface area (TPSA) is 27.0 Å². The van der Waals surface area contributed by atoms with E-state index in [9.17, 15) is 0 Å². The Kier molecular flexibility index (Phi) is 4.72. The molecule has 1 aliphatic rings. The molecule has 0 spiro atoms. The van der Waals surface area contributed by atoms with Crippen molar-refractivity contribution in [1.29, 1.82) is 5.26 Å². The van der Waals surface area contributed by atoms with Crippen molar-refractivity contribution in [3.63, 3.8) is 0 Å². The summed E-state index contributed by atoms with van der Waals surface area (Å²) in [5, 5.41) is 8.65. The first kappa shape index (κ1) is 13.0. The number of thiocarbonyl (C=S) groups is 1. The number of benzene rings is 1. The maximum absolute atomic E-state index is 8.65. The van der Waals surface area contributed by atoms with Gasteiger partial charge in [0.2, 0.25) is 0 Å². The zero-order valence-electron chi connectivity index (χ0n) is 10.5. The maximum atomic E-state index is 8.65. The van der Waals surface area contributed by atoms with Crippen LogP contribution in [0.25, 0.3) is 0 Å². The highest BCUT2D eigenvalue weighted by atomic mass is 32.1. The Balaban J connectivity index is 1.81. The lowest BCUT2D eigenvalue weighted by molar-refractivity contribution is 0.266. The van der Waals surface area contributed by atoms with Gasteiger partial charge in [-0.25, -0.2) is 0 Å². The fourth-order valence-electron chi connectivity index (χ4n) is 2.51. The smallest absolute Gasteiger partial charge is 0.0921 e. The lowest BCUT2D eigenvalue weighted by Gasteiger charge is -2.33. The van der Waals surface area contributed by atoms with Crippen LogP contribution < -0.4 is 0 Å². The fourth-order valence-corrected chi connectivity index (χ4v) is 2.76. The van der Waals surface area contributed by atoms with Gasteiger partial charge >= 0.3 is 0 Å². The summed E-state index contributed by atoms with van der Waals surface area (Å²) >= 11 is 5.24. The molecule has 0 unspecified atom stereocenters. The fraction of sp³-hybridized carbons (Fsp3) is 0.467. The molecule has 2 nitrogen and oxygen atoms in total. The van der Waals surface area contributed by atoms with E-state index in [1.165, 1.54) is 24.8 Å². The van der Waals surface area contributed by atoms with Crippen molar-refractivity contribution in [3.8, 4) is 6.07 Å². The second-order valence-electron chi connectivity index (χ2n) is 4.85. The van der Waals surface area contributed by atoms with Crippen molar-refractivity contribution in [2.45, 2.75) is 25.7 Å². The van der Waals surface area contributed by atoms with Crippen LogP contribution in [0.3, 0.4) is 0 Å². The van der Waals surface area contributed by atoms with Crippen LogP contribution in [0.5, 0.6) is 0 Å². The van der Waals surface area contributed by atoms with Crippen LogP contribution in [0.1, 0.15) is 24.8 Å². The van der Waals surface area contributed by atoms with Gasteiger partial charge in [-0.05, 0) is 30.7 Å². The maximum Gasteiger partial charge on any atom is 0.0921 e. The Labute approximate surface area is 114 Å². The Hall–Kier alpha value is -1.40. The summed E-state index contributed by atoms with van der Waals surface area (Å²) < 4.78 is 0. The summed E-state index contributed by atoms with van der Waals surface area (Å²) in [5.41, 5.74) is 1.43. The van der Waals surface area contributed by atoms with E-state index < -0.39 is 0 Å². The minimum atomic E-state index is 0.388. The van der Waals surface area contributed by atoms with E-state index in [1.807, 2.05) is 0 Å². The number of piperidine rings is 1. The number of rotatable bonds is 3. The average Bonchev–Trinajstić information content (AvgIpc) is 2.41. The molecular formula is C15H18N2S. The molecule has 0 N–H and O–H groups in total. The van der Waals surface area contributed by atoms with Gasteiger partial charge in [-0.3, -0.25) is 0 Å². The highest BCUT2D eigenvalue weighted by Crippen LogP contribution is 2.22. The van der Waals surface area contributed by atoms with Crippen molar-refractivity contribution in [2.75, 3.05) is 13.1 Å². The minimum Gasteiger partial charge on any atom is -0.365 e. The largest absolute Gasteiger partial charge is 0.365 e. The van der Waals surface area contributed by atoms with E-state index in [1.54, 1.807) is 0 Å². The number of nitrogens with zero attached hydrogens (tertiary/aromatic N) is 2. The third-order valence-electron chi connectivity index (χ3n) is 3.56. The van der Waals surface area contributed by atoms with Gasteiger partial charge in [-0.2, -0.15) is 5.26 Å². The molecule has 0 radical (unpaired) electrons. The minimum absolute atomic E-state index is 0.388. The highest BCUT2D eigenvalue weighted by molar-refractivity contribution is 7.80. The van der Waals surface area contributed by atoms with E-state index in [4.69, 9.17) is 17.5 Å². The van der Waals surface area contributed by atoms with Crippen molar-refractivity contribution in [2.24, 2.45) is 5.92 Å². The average molecular weight is 258 g/mol. The first-order valence-electron chi connectivity index (χ1n) is 6.48. The van der Waals surface area contributed by atoms with Gasteiger partial charge in [0.25, 0.3) is 0 Å². The van der Waals surface area contributed by atoms with Gasteiger partial charge in [0.15, 0.2) is 0 Å². The highest BCUT2D eigenvalue weighted by Gasteiger charge is 2.20. The first-order valence-corrected chi connectivity index (χ1v) is 6.89. The molecule has 1 aromatic carbocycles. The molecule has 1 heterocycles. The van der Waals surface area contributed by atoms with Gasteiger partial charge < -0.3 is 4.90 Å². The van der Waals surface area contributed by atoms with Gasteiger partial charge in [0.05, 0.1) is 17.5 Å². The molecule has 0 saturated carbocycles. The molecule has 94 valence electrons. The summed E-state index contributed by atoms with van der Waals surface area (Å²) in [4.78, 5) is 3.01. The van der Waals surface area contributed by atoms with Crippen LogP contribution in [0.15, 0.2) is 30.3 Å². The van der Waals surface area contributed by atoms with Gasteiger partial charge in [-0.1, -0.05) is 42.5 Å². The Morgan fingerprint density at radius 3 is 2.56 bits per heavy atom. The lowest BCUT2D eigenvalue weighted by atomic mass is 9.90. The molecule has 2 rings (SSSR count). The molecular weight excluding hydrogens is 240 g/mol. The third-order valence-corrected chi connectivity index (χ3v) is 3.97. The summed E-state index contributed by atoms with van der Waals surface area (Å²) in [6.07, 6.45) is 3.92. The Bertz CT molecular complexity index is 428. The van der Waals surface area contributed by atoms with E-state index >= 15 is 0 Å². The Morgan fingerprint density at radius 1 is 1.28 bits per heavy atom. The molecule has 18 heavy (non-hydrogen) atoms. The summed E-state index contributed by atoms with van der Waals surface area (Å²) in [5.74, 6) is 0.758. The van der Waals surface area contributed by atoms with Gasteiger partial charge in [0, 0.05) is 13.1 Å². The number of nitriles is 1. The molecule has 0 aliphatic carbocycles. The molecule has 1 saturated heterocycles. The van der Waals surface area contributed by atoms with Gasteiger partial charge in [-0.15, -0.1) is 0 Å². The zero-order chi connectivity index (χ0) is 12.8. The monoisotopic (exact) mass is 258 g/mol. The molecule has 3 heteroatoms. The summed E-state index contributed by atoms with van der Waals surface area (Å²) in [6.45, 7) is 2.02. The lowest BCUT2D eigenvalue weighted by Crippen LogP contribution is -2.37. The van der Waals surface area contributed by atoms with Crippen molar-refractivity contribution in [1.82, 2.24) is 4.90 Å². The quantitative estimate of drug-likeness (QED) is 0.779. The summed E-state index contributed by atoms with van der Waals surface area (Å²) in [6, 6.07) is 12.8. The Morgan fingerprint density at radius 2 is 1.94 bits per heavy atom. The number of hydrogen-bond acceptors (Lipinski definition) is 2. The van der Waals surface area contributed by atoms with E-state index in [2.05, 4.69) is 41.3 Å². The van der Waals surface area contributed by atoms with Crippen LogP contribution in [0.2, 0.25) is 0 Å². The summed E-state index contributed by atoms with van der Waals surface area (Å²) in [7, 11) is 0. The van der Waals surface area contributed by atoms with E-state index in [0.717, 1.165) is 24.0 Å². The van der Waals surface area contributed by atoms with E-state index in [-0.39, 0.29) is 0 Å². The first-order chi connectivity index (χ1) is 8.79. The second-order valence-corrected chi connectivity index (χ2v) is 5.32. The van der Waals surface area contributed by atoms with Crippen LogP contribution in [0, 0.1) is 17.2 Å². The normalized spacial score (nSPS) is 16.3. The molecule has 1 aliphatic heterocycles. The SMILES string of the molecule is N#CCC(=S)N1CCC(Cc2ccccc2)CC1. The number of hydrogen-bond donors (Lipinski definition) is 0. The molecule has 1 fully saturated rings. The van der Waals surface area contributed by atoms with E-state index in [0.29, 0.717) is 6.42 Å². The molecule has 1 aromatic rings. The predicted octanol–water partition coefficient (Wildman–Crippen LogP) is 3.18. The molecule has 0 aromatic heterocycles. The second kappa shape index (κ2) is 6.51. The van der Waals surface area contributed by atoms with Crippen LogP contribution in [-0.2, 0) is 6.42 Å². The predicted molar refractivity (Wildman–Crippen MR) is 77.3 cm³/mol. The van der Waals surface area contributed by atoms with Gasteiger partial charge in [0.1, 0.15) is 0 Å². The van der Waals surface area contributed by atoms with Crippen molar-refractivity contribution in [3.05, 3.63) is 35.9 Å².